The molecule has 0 bridgehead atoms. The van der Waals surface area contributed by atoms with Crippen LogP contribution in [0.1, 0.15) is 18.9 Å². The van der Waals surface area contributed by atoms with Crippen molar-refractivity contribution < 1.29 is 9.59 Å². The Kier molecular flexibility index (Phi) is 7.11. The number of halogens is 3. The molecule has 0 aliphatic carbocycles. The first-order valence-electron chi connectivity index (χ1n) is 8.86. The highest BCUT2D eigenvalue weighted by molar-refractivity contribution is 8.15. The fourth-order valence-corrected chi connectivity index (χ4v) is 4.35. The first-order chi connectivity index (χ1) is 13.8. The molecule has 2 aromatic carbocycles. The van der Waals surface area contributed by atoms with Gasteiger partial charge in [-0.3, -0.25) is 14.5 Å². The van der Waals surface area contributed by atoms with Crippen LogP contribution in [0.4, 0.5) is 11.4 Å². The van der Waals surface area contributed by atoms with Crippen LogP contribution >= 0.6 is 46.6 Å². The number of nitrogens with zero attached hydrogens (tertiary/aromatic N) is 2. The first kappa shape index (κ1) is 22.0. The summed E-state index contributed by atoms with van der Waals surface area (Å²) in [7, 11) is 0. The van der Waals surface area contributed by atoms with Crippen molar-refractivity contribution in [2.75, 3.05) is 11.9 Å². The Morgan fingerprint density at radius 1 is 1.17 bits per heavy atom. The fraction of sp³-hybridized carbons (Fsp3) is 0.250. The van der Waals surface area contributed by atoms with Crippen LogP contribution in [0.2, 0.25) is 15.1 Å². The first-order valence-corrected chi connectivity index (χ1v) is 10.9. The van der Waals surface area contributed by atoms with Gasteiger partial charge in [-0.05, 0) is 49.7 Å². The van der Waals surface area contributed by atoms with Gasteiger partial charge in [-0.25, -0.2) is 4.99 Å². The molecule has 1 aliphatic rings. The van der Waals surface area contributed by atoms with Crippen LogP contribution in [-0.4, -0.2) is 33.7 Å². The number of carbonyl (C=O) groups is 2. The number of rotatable bonds is 4. The Balaban J connectivity index is 1.82. The van der Waals surface area contributed by atoms with Gasteiger partial charge < -0.3 is 5.32 Å². The van der Waals surface area contributed by atoms with E-state index in [-0.39, 0.29) is 18.2 Å². The van der Waals surface area contributed by atoms with Gasteiger partial charge in [0.05, 0.1) is 15.7 Å². The number of amides is 2. The molecule has 0 radical (unpaired) electrons. The number of thioether (sulfide) groups is 1. The molecule has 0 aromatic heterocycles. The molecule has 2 aromatic rings. The van der Waals surface area contributed by atoms with Crippen molar-refractivity contribution in [3.8, 4) is 0 Å². The van der Waals surface area contributed by atoms with Gasteiger partial charge in [-0.15, -0.1) is 0 Å². The molecule has 152 valence electrons. The minimum Gasteiger partial charge on any atom is -0.325 e. The van der Waals surface area contributed by atoms with Crippen molar-refractivity contribution in [2.24, 2.45) is 4.99 Å². The zero-order valence-corrected chi connectivity index (χ0v) is 18.8. The zero-order valence-electron chi connectivity index (χ0n) is 15.7. The van der Waals surface area contributed by atoms with E-state index in [0.717, 1.165) is 5.56 Å². The molecule has 0 spiro atoms. The van der Waals surface area contributed by atoms with Crippen LogP contribution in [0.25, 0.3) is 0 Å². The summed E-state index contributed by atoms with van der Waals surface area (Å²) in [6.07, 6.45) is 0.0876. The number of anilines is 1. The van der Waals surface area contributed by atoms with Gasteiger partial charge in [0.25, 0.3) is 0 Å². The largest absolute Gasteiger partial charge is 0.325 e. The lowest BCUT2D eigenvalue weighted by atomic mass is 10.2. The molecule has 1 heterocycles. The number of aliphatic imine (C=N–C) groups is 1. The molecule has 1 aliphatic heterocycles. The minimum absolute atomic E-state index is 0.0876. The van der Waals surface area contributed by atoms with Crippen LogP contribution in [0.3, 0.4) is 0 Å². The Morgan fingerprint density at radius 3 is 2.59 bits per heavy atom. The summed E-state index contributed by atoms with van der Waals surface area (Å²) in [5, 5.41) is 4.02. The quantitative estimate of drug-likeness (QED) is 0.602. The topological polar surface area (TPSA) is 61.8 Å². The van der Waals surface area contributed by atoms with Crippen LogP contribution < -0.4 is 5.32 Å². The molecule has 1 saturated heterocycles. The second kappa shape index (κ2) is 9.39. The summed E-state index contributed by atoms with van der Waals surface area (Å²) < 4.78 is 0. The maximum atomic E-state index is 12.8. The summed E-state index contributed by atoms with van der Waals surface area (Å²) in [5.41, 5.74) is 2.06. The van der Waals surface area contributed by atoms with Crippen LogP contribution in [0, 0.1) is 6.92 Å². The van der Waals surface area contributed by atoms with E-state index in [1.807, 2.05) is 19.9 Å². The summed E-state index contributed by atoms with van der Waals surface area (Å²) in [6, 6.07) is 10.3. The van der Waals surface area contributed by atoms with Crippen molar-refractivity contribution >= 4 is 74.9 Å². The predicted molar refractivity (Wildman–Crippen MR) is 122 cm³/mol. The van der Waals surface area contributed by atoms with Crippen LogP contribution in [0.15, 0.2) is 41.4 Å². The molecule has 1 fully saturated rings. The molecule has 1 unspecified atom stereocenters. The molecule has 0 saturated carbocycles. The van der Waals surface area contributed by atoms with Gasteiger partial charge in [0.2, 0.25) is 11.8 Å². The molecule has 9 heteroatoms. The van der Waals surface area contributed by atoms with E-state index in [9.17, 15) is 9.59 Å². The highest BCUT2D eigenvalue weighted by Gasteiger charge is 2.35. The van der Waals surface area contributed by atoms with Crippen molar-refractivity contribution in [3.05, 3.63) is 57.0 Å². The van der Waals surface area contributed by atoms with E-state index in [0.29, 0.717) is 38.2 Å². The smallest absolute Gasteiger partial charge is 0.238 e. The molecule has 29 heavy (non-hydrogen) atoms. The lowest BCUT2D eigenvalue weighted by Gasteiger charge is -2.31. The lowest BCUT2D eigenvalue weighted by molar-refractivity contribution is -0.129. The van der Waals surface area contributed by atoms with Crippen LogP contribution in [0.5, 0.6) is 0 Å². The van der Waals surface area contributed by atoms with E-state index < -0.39 is 5.25 Å². The Labute approximate surface area is 188 Å². The molecular formula is C20H18Cl3N3O2S. The number of hydrogen-bond donors (Lipinski definition) is 1. The SMILES string of the molecule is CCN1C(=O)CC(C(=O)Nc2ccc(C)c(Cl)c2)SC1=Nc1ccc(Cl)c(Cl)c1. The standard InChI is InChI=1S/C20H18Cl3N3O2S/c1-3-26-18(27)10-17(19(28)24-12-5-4-11(2)15(22)8-12)29-20(26)25-13-6-7-14(21)16(23)9-13/h4-9,17H,3,10H2,1-2H3,(H,24,28). The van der Waals surface area contributed by atoms with E-state index in [1.54, 1.807) is 35.2 Å². The van der Waals surface area contributed by atoms with Crippen molar-refractivity contribution in [3.63, 3.8) is 0 Å². The molecular weight excluding hydrogens is 453 g/mol. The van der Waals surface area contributed by atoms with Gasteiger partial charge in [-0.2, -0.15) is 0 Å². The summed E-state index contributed by atoms with van der Waals surface area (Å²) in [4.78, 5) is 31.4. The van der Waals surface area contributed by atoms with Crippen molar-refractivity contribution in [1.29, 1.82) is 0 Å². The third kappa shape index (κ3) is 5.25. The van der Waals surface area contributed by atoms with Gasteiger partial charge in [0.15, 0.2) is 5.17 Å². The minimum atomic E-state index is -0.605. The zero-order chi connectivity index (χ0) is 21.1. The number of carbonyl (C=O) groups excluding carboxylic acids is 2. The van der Waals surface area contributed by atoms with Crippen molar-refractivity contribution in [2.45, 2.75) is 25.5 Å². The van der Waals surface area contributed by atoms with E-state index in [1.165, 1.54) is 11.8 Å². The molecule has 1 atom stereocenters. The maximum absolute atomic E-state index is 12.8. The third-order valence-corrected chi connectivity index (χ3v) is 6.65. The highest BCUT2D eigenvalue weighted by Crippen LogP contribution is 2.32. The normalized spacial score (nSPS) is 18.2. The molecule has 2 amide bonds. The average Bonchev–Trinajstić information content (AvgIpc) is 2.67. The van der Waals surface area contributed by atoms with E-state index in [4.69, 9.17) is 34.8 Å². The number of nitrogens with one attached hydrogen (secondary N) is 1. The Bertz CT molecular complexity index is 997. The molecule has 1 N–H and O–H groups in total. The number of benzene rings is 2. The fourth-order valence-electron chi connectivity index (χ4n) is 2.71. The van der Waals surface area contributed by atoms with E-state index >= 15 is 0 Å². The number of hydrogen-bond acceptors (Lipinski definition) is 4. The third-order valence-electron chi connectivity index (χ3n) is 4.32. The van der Waals surface area contributed by atoms with Crippen molar-refractivity contribution in [1.82, 2.24) is 4.90 Å². The summed E-state index contributed by atoms with van der Waals surface area (Å²) in [5.74, 6) is -0.437. The van der Waals surface area contributed by atoms with Gasteiger partial charge in [0.1, 0.15) is 5.25 Å². The number of amidine groups is 1. The van der Waals surface area contributed by atoms with Crippen LogP contribution in [-0.2, 0) is 9.59 Å². The van der Waals surface area contributed by atoms with E-state index in [2.05, 4.69) is 10.3 Å². The predicted octanol–water partition coefficient (Wildman–Crippen LogP) is 5.94. The second-order valence-corrected chi connectivity index (χ2v) is 8.79. The Hall–Kier alpha value is -1.73. The summed E-state index contributed by atoms with van der Waals surface area (Å²) >= 11 is 19.4. The van der Waals surface area contributed by atoms with Gasteiger partial charge in [0, 0.05) is 23.7 Å². The second-order valence-electron chi connectivity index (χ2n) is 6.39. The molecule has 3 rings (SSSR count). The average molecular weight is 471 g/mol. The van der Waals surface area contributed by atoms with Gasteiger partial charge >= 0.3 is 0 Å². The monoisotopic (exact) mass is 469 g/mol. The molecule has 5 nitrogen and oxygen atoms in total. The van der Waals surface area contributed by atoms with Gasteiger partial charge in [-0.1, -0.05) is 52.6 Å². The number of aryl methyl sites for hydroxylation is 1. The Morgan fingerprint density at radius 2 is 1.93 bits per heavy atom. The maximum Gasteiger partial charge on any atom is 0.238 e. The highest BCUT2D eigenvalue weighted by atomic mass is 35.5. The lowest BCUT2D eigenvalue weighted by Crippen LogP contribution is -2.45. The summed E-state index contributed by atoms with van der Waals surface area (Å²) in [6.45, 7) is 4.19.